The number of carbonyl (C=O) groups excluding carboxylic acids is 1. The summed E-state index contributed by atoms with van der Waals surface area (Å²) in [5, 5.41) is 20.0. The highest BCUT2D eigenvalue weighted by molar-refractivity contribution is 7.13. The number of aromatic amines is 1. The van der Waals surface area contributed by atoms with Gasteiger partial charge in [0, 0.05) is 18.2 Å². The van der Waals surface area contributed by atoms with E-state index in [1.54, 1.807) is 28.2 Å². The molecular formula is C16H14N6OS. The van der Waals surface area contributed by atoms with Gasteiger partial charge in [-0.1, -0.05) is 11.3 Å². The molecule has 4 aromatic rings. The number of amides is 1. The first kappa shape index (κ1) is 14.6. The number of anilines is 1. The van der Waals surface area contributed by atoms with Crippen LogP contribution < -0.4 is 5.32 Å². The van der Waals surface area contributed by atoms with E-state index in [1.165, 1.54) is 0 Å². The second-order valence-electron chi connectivity index (χ2n) is 5.21. The van der Waals surface area contributed by atoms with Crippen molar-refractivity contribution in [1.82, 2.24) is 25.2 Å². The first-order valence-electron chi connectivity index (χ1n) is 7.48. The SMILES string of the molecule is CCn1nnc2cc(C(=O)Nc3cc(-c4cccs4)[nH]n3)ccc21. The maximum absolute atomic E-state index is 12.4. The van der Waals surface area contributed by atoms with Crippen molar-refractivity contribution in [3.05, 3.63) is 47.3 Å². The molecule has 0 aliphatic heterocycles. The van der Waals surface area contributed by atoms with Crippen LogP contribution >= 0.6 is 11.3 Å². The highest BCUT2D eigenvalue weighted by Crippen LogP contribution is 2.24. The quantitative estimate of drug-likeness (QED) is 0.598. The highest BCUT2D eigenvalue weighted by Gasteiger charge is 2.12. The van der Waals surface area contributed by atoms with Crippen molar-refractivity contribution in [3.63, 3.8) is 0 Å². The number of hydrogen-bond acceptors (Lipinski definition) is 5. The highest BCUT2D eigenvalue weighted by atomic mass is 32.1. The fourth-order valence-corrected chi connectivity index (χ4v) is 3.17. The standard InChI is InChI=1S/C16H14N6OS/c1-2-22-13-6-5-10(8-11(13)19-21-22)16(23)17-15-9-12(18-20-15)14-4-3-7-24-14/h3-9H,2H2,1H3,(H2,17,18,20,23). The van der Waals surface area contributed by atoms with Crippen molar-refractivity contribution in [1.29, 1.82) is 0 Å². The van der Waals surface area contributed by atoms with Gasteiger partial charge in [-0.3, -0.25) is 9.89 Å². The van der Waals surface area contributed by atoms with Crippen LogP contribution in [0.4, 0.5) is 5.82 Å². The third-order valence-electron chi connectivity index (χ3n) is 3.68. The molecule has 1 amide bonds. The molecule has 0 radical (unpaired) electrons. The molecule has 0 aliphatic carbocycles. The number of nitrogens with zero attached hydrogens (tertiary/aromatic N) is 4. The maximum Gasteiger partial charge on any atom is 0.256 e. The minimum Gasteiger partial charge on any atom is -0.305 e. The predicted octanol–water partition coefficient (Wildman–Crippen LogP) is 3.16. The molecule has 0 unspecified atom stereocenters. The molecule has 3 heterocycles. The van der Waals surface area contributed by atoms with E-state index in [1.807, 2.05) is 36.6 Å². The molecule has 0 saturated carbocycles. The van der Waals surface area contributed by atoms with Gasteiger partial charge in [-0.15, -0.1) is 16.4 Å². The molecule has 0 spiro atoms. The van der Waals surface area contributed by atoms with Gasteiger partial charge in [-0.05, 0) is 36.6 Å². The lowest BCUT2D eigenvalue weighted by Crippen LogP contribution is -2.12. The summed E-state index contributed by atoms with van der Waals surface area (Å²) in [5.41, 5.74) is 3.01. The number of H-pyrrole nitrogens is 1. The van der Waals surface area contributed by atoms with Crippen molar-refractivity contribution < 1.29 is 4.79 Å². The van der Waals surface area contributed by atoms with E-state index in [2.05, 4.69) is 25.8 Å². The number of aryl methyl sites for hydroxylation is 1. The fraction of sp³-hybridized carbons (Fsp3) is 0.125. The lowest BCUT2D eigenvalue weighted by Gasteiger charge is -2.02. The van der Waals surface area contributed by atoms with Crippen molar-refractivity contribution in [2.24, 2.45) is 0 Å². The van der Waals surface area contributed by atoms with Crippen LogP contribution in [0.1, 0.15) is 17.3 Å². The summed E-state index contributed by atoms with van der Waals surface area (Å²) in [6, 6.07) is 11.1. The van der Waals surface area contributed by atoms with Crippen LogP contribution in [0, 0.1) is 0 Å². The maximum atomic E-state index is 12.4. The van der Waals surface area contributed by atoms with Gasteiger partial charge in [-0.2, -0.15) is 5.10 Å². The lowest BCUT2D eigenvalue weighted by atomic mass is 10.2. The molecule has 0 aliphatic rings. The van der Waals surface area contributed by atoms with Gasteiger partial charge in [0.1, 0.15) is 5.52 Å². The fourth-order valence-electron chi connectivity index (χ4n) is 2.48. The number of rotatable bonds is 4. The Labute approximate surface area is 141 Å². The summed E-state index contributed by atoms with van der Waals surface area (Å²) in [6.07, 6.45) is 0. The number of hydrogen-bond donors (Lipinski definition) is 2. The Kier molecular flexibility index (Phi) is 3.58. The van der Waals surface area contributed by atoms with Crippen molar-refractivity contribution >= 4 is 34.1 Å². The molecule has 1 aromatic carbocycles. The van der Waals surface area contributed by atoms with Crippen molar-refractivity contribution in [3.8, 4) is 10.6 Å². The van der Waals surface area contributed by atoms with Crippen LogP contribution in [0.3, 0.4) is 0 Å². The average Bonchev–Trinajstić information content (AvgIpc) is 3.34. The number of carbonyl (C=O) groups is 1. The smallest absolute Gasteiger partial charge is 0.256 e. The summed E-state index contributed by atoms with van der Waals surface area (Å²) < 4.78 is 1.79. The molecule has 8 heteroatoms. The van der Waals surface area contributed by atoms with Crippen LogP contribution in [-0.4, -0.2) is 31.1 Å². The van der Waals surface area contributed by atoms with E-state index < -0.39 is 0 Å². The molecule has 3 aromatic heterocycles. The van der Waals surface area contributed by atoms with Gasteiger partial charge in [-0.25, -0.2) is 4.68 Å². The number of benzene rings is 1. The van der Waals surface area contributed by atoms with Crippen LogP contribution in [0.5, 0.6) is 0 Å². The Balaban J connectivity index is 1.56. The molecule has 7 nitrogen and oxygen atoms in total. The molecule has 0 bridgehead atoms. The van der Waals surface area contributed by atoms with Gasteiger partial charge in [0.2, 0.25) is 0 Å². The van der Waals surface area contributed by atoms with Crippen LogP contribution in [0.2, 0.25) is 0 Å². The number of aromatic nitrogens is 5. The minimum atomic E-state index is -0.229. The number of thiophene rings is 1. The molecule has 0 fully saturated rings. The van der Waals surface area contributed by atoms with Crippen LogP contribution in [0.15, 0.2) is 41.8 Å². The Morgan fingerprint density at radius 1 is 1.33 bits per heavy atom. The molecule has 0 saturated heterocycles. The number of fused-ring (bicyclic) bond motifs is 1. The van der Waals surface area contributed by atoms with E-state index in [9.17, 15) is 4.79 Å². The van der Waals surface area contributed by atoms with E-state index in [-0.39, 0.29) is 5.91 Å². The van der Waals surface area contributed by atoms with Gasteiger partial charge in [0.25, 0.3) is 5.91 Å². The second-order valence-corrected chi connectivity index (χ2v) is 6.15. The molecule has 2 N–H and O–H groups in total. The minimum absolute atomic E-state index is 0.229. The Morgan fingerprint density at radius 3 is 3.04 bits per heavy atom. The normalized spacial score (nSPS) is 11.0. The summed E-state index contributed by atoms with van der Waals surface area (Å²) in [6.45, 7) is 2.73. The first-order chi connectivity index (χ1) is 11.7. The third kappa shape index (κ3) is 2.56. The largest absolute Gasteiger partial charge is 0.305 e. The second kappa shape index (κ2) is 5.89. The first-order valence-corrected chi connectivity index (χ1v) is 8.36. The predicted molar refractivity (Wildman–Crippen MR) is 93.1 cm³/mol. The summed E-state index contributed by atoms with van der Waals surface area (Å²) >= 11 is 1.61. The van der Waals surface area contributed by atoms with E-state index >= 15 is 0 Å². The van der Waals surface area contributed by atoms with Gasteiger partial charge in [0.05, 0.1) is 16.1 Å². The zero-order valence-corrected chi connectivity index (χ0v) is 13.7. The van der Waals surface area contributed by atoms with E-state index in [0.717, 1.165) is 22.6 Å². The van der Waals surface area contributed by atoms with Crippen LogP contribution in [-0.2, 0) is 6.54 Å². The molecule has 4 rings (SSSR count). The van der Waals surface area contributed by atoms with Crippen LogP contribution in [0.25, 0.3) is 21.6 Å². The number of nitrogens with one attached hydrogen (secondary N) is 2. The third-order valence-corrected chi connectivity index (χ3v) is 4.58. The zero-order valence-electron chi connectivity index (χ0n) is 12.9. The van der Waals surface area contributed by atoms with E-state index in [0.29, 0.717) is 16.9 Å². The van der Waals surface area contributed by atoms with Gasteiger partial charge in [0.15, 0.2) is 5.82 Å². The lowest BCUT2D eigenvalue weighted by molar-refractivity contribution is 0.102. The van der Waals surface area contributed by atoms with Crippen molar-refractivity contribution in [2.45, 2.75) is 13.5 Å². The summed E-state index contributed by atoms with van der Waals surface area (Å²) in [7, 11) is 0. The average molecular weight is 338 g/mol. The molecule has 120 valence electrons. The van der Waals surface area contributed by atoms with Gasteiger partial charge < -0.3 is 5.32 Å². The summed E-state index contributed by atoms with van der Waals surface area (Å²) in [4.78, 5) is 13.5. The zero-order chi connectivity index (χ0) is 16.5. The van der Waals surface area contributed by atoms with Crippen molar-refractivity contribution in [2.75, 3.05) is 5.32 Å². The Hall–Kier alpha value is -3.00. The van der Waals surface area contributed by atoms with Gasteiger partial charge >= 0.3 is 0 Å². The molecule has 0 atom stereocenters. The Bertz CT molecular complexity index is 1000. The monoisotopic (exact) mass is 338 g/mol. The molecule has 24 heavy (non-hydrogen) atoms. The van der Waals surface area contributed by atoms with E-state index in [4.69, 9.17) is 0 Å². The summed E-state index contributed by atoms with van der Waals surface area (Å²) in [5.74, 6) is 0.257. The topological polar surface area (TPSA) is 88.5 Å². The Morgan fingerprint density at radius 2 is 2.25 bits per heavy atom. The molecular weight excluding hydrogens is 324 g/mol.